The van der Waals surface area contributed by atoms with Crippen LogP contribution in [-0.4, -0.2) is 18.6 Å². The maximum Gasteiger partial charge on any atom is 0.300 e. The van der Waals surface area contributed by atoms with E-state index in [1.54, 1.807) is 36.4 Å². The predicted molar refractivity (Wildman–Crippen MR) is 106 cm³/mol. The molecule has 0 radical (unpaired) electrons. The zero-order valence-electron chi connectivity index (χ0n) is 13.6. The summed E-state index contributed by atoms with van der Waals surface area (Å²) in [6, 6.07) is 15.8. The molecule has 3 aromatic carbocycles. The first-order valence-corrected chi connectivity index (χ1v) is 10.8. The first kappa shape index (κ1) is 18.5. The first-order valence-electron chi connectivity index (χ1n) is 7.79. The molecule has 27 heavy (non-hydrogen) atoms. The molecule has 0 saturated heterocycles. The van der Waals surface area contributed by atoms with Crippen LogP contribution in [0.5, 0.6) is 11.5 Å². The van der Waals surface area contributed by atoms with E-state index in [1.165, 1.54) is 24.3 Å². The number of fused-ring (bicyclic) bond motifs is 1. The minimum Gasteiger partial charge on any atom is -0.508 e. The van der Waals surface area contributed by atoms with E-state index in [9.17, 15) is 18.6 Å². The van der Waals surface area contributed by atoms with Gasteiger partial charge in [0, 0.05) is 10.0 Å². The maximum absolute atomic E-state index is 13.0. The summed E-state index contributed by atoms with van der Waals surface area (Å²) in [6.45, 7) is 0. The lowest BCUT2D eigenvalue weighted by atomic mass is 9.80. The molecule has 2 N–H and O–H groups in total. The Morgan fingerprint density at radius 3 is 1.74 bits per heavy atom. The molecule has 1 aliphatic heterocycles. The van der Waals surface area contributed by atoms with Crippen molar-refractivity contribution in [2.24, 2.45) is 0 Å². The summed E-state index contributed by atoms with van der Waals surface area (Å²) in [5.74, 6) is 0.107. The van der Waals surface area contributed by atoms with Crippen LogP contribution < -0.4 is 0 Å². The van der Waals surface area contributed by atoms with Crippen molar-refractivity contribution < 1.29 is 22.8 Å². The Morgan fingerprint density at radius 2 is 1.26 bits per heavy atom. The summed E-state index contributed by atoms with van der Waals surface area (Å²) < 4.78 is 32.6. The molecule has 8 heteroatoms. The summed E-state index contributed by atoms with van der Waals surface area (Å²) in [5.41, 5.74) is 0.0535. The number of phenolic OH excluding ortho intramolecular Hbond substituents is 2. The van der Waals surface area contributed by atoms with E-state index in [1.807, 2.05) is 0 Å². The van der Waals surface area contributed by atoms with Crippen molar-refractivity contribution in [2.45, 2.75) is 10.5 Å². The number of rotatable bonds is 2. The molecule has 0 bridgehead atoms. The van der Waals surface area contributed by atoms with Gasteiger partial charge in [-0.2, -0.15) is 8.42 Å². The zero-order chi connectivity index (χ0) is 19.4. The lowest BCUT2D eigenvalue weighted by molar-refractivity contribution is 0.180. The highest BCUT2D eigenvalue weighted by Crippen LogP contribution is 2.53. The van der Waals surface area contributed by atoms with Gasteiger partial charge in [0.05, 0.1) is 4.47 Å². The molecule has 0 atom stereocenters. The van der Waals surface area contributed by atoms with Crippen molar-refractivity contribution >= 4 is 42.0 Å². The fourth-order valence-corrected chi connectivity index (χ4v) is 6.18. The van der Waals surface area contributed by atoms with Gasteiger partial charge < -0.3 is 10.2 Å². The molecular weight excluding hydrogens is 500 g/mol. The average molecular weight is 512 g/mol. The number of aromatic hydroxyl groups is 2. The van der Waals surface area contributed by atoms with E-state index in [0.29, 0.717) is 25.6 Å². The second kappa shape index (κ2) is 6.34. The van der Waals surface area contributed by atoms with Crippen LogP contribution in [0.1, 0.15) is 16.7 Å². The van der Waals surface area contributed by atoms with Crippen LogP contribution in [0.2, 0.25) is 0 Å². The first-order chi connectivity index (χ1) is 12.8. The molecule has 3 aromatic rings. The summed E-state index contributed by atoms with van der Waals surface area (Å²) in [4.78, 5) is 0.0398. The highest BCUT2D eigenvalue weighted by molar-refractivity contribution is 9.13. The van der Waals surface area contributed by atoms with E-state index in [-0.39, 0.29) is 16.4 Å². The van der Waals surface area contributed by atoms with Gasteiger partial charge in [-0.15, -0.1) is 0 Å². The Labute approximate surface area is 172 Å². The molecule has 1 aliphatic rings. The highest BCUT2D eigenvalue weighted by atomic mass is 79.9. The quantitative estimate of drug-likeness (QED) is 0.490. The topological polar surface area (TPSA) is 83.8 Å². The number of halogens is 2. The molecule has 0 spiro atoms. The van der Waals surface area contributed by atoms with Crippen molar-refractivity contribution in [2.75, 3.05) is 0 Å². The number of benzene rings is 3. The Bertz CT molecular complexity index is 1090. The zero-order valence-corrected chi connectivity index (χ0v) is 17.5. The van der Waals surface area contributed by atoms with Crippen molar-refractivity contribution in [3.8, 4) is 11.5 Å². The fraction of sp³-hybridized carbons (Fsp3) is 0.0526. The molecule has 4 rings (SSSR count). The standard InChI is InChI=1S/C19H12Br2O5S/c20-16-10-9-15-18(17(16)21)27(24,25)26-19(15,11-1-5-13(22)6-2-11)12-3-7-14(23)8-4-12/h1-10,22-23H. The Morgan fingerprint density at radius 1 is 0.778 bits per heavy atom. The lowest BCUT2D eigenvalue weighted by Gasteiger charge is -2.29. The van der Waals surface area contributed by atoms with Crippen LogP contribution in [0, 0.1) is 0 Å². The van der Waals surface area contributed by atoms with Crippen LogP contribution >= 0.6 is 31.9 Å². The van der Waals surface area contributed by atoms with Crippen LogP contribution in [0.3, 0.4) is 0 Å². The van der Waals surface area contributed by atoms with E-state index >= 15 is 0 Å². The largest absolute Gasteiger partial charge is 0.508 e. The van der Waals surface area contributed by atoms with Crippen LogP contribution in [-0.2, 0) is 19.9 Å². The fourth-order valence-electron chi connectivity index (χ4n) is 3.27. The SMILES string of the molecule is O=S1(=O)OC(c2ccc(O)cc2)(c2ccc(O)cc2)c2ccc(Br)c(Br)c21. The van der Waals surface area contributed by atoms with Crippen molar-refractivity contribution in [1.82, 2.24) is 0 Å². The van der Waals surface area contributed by atoms with E-state index in [4.69, 9.17) is 4.18 Å². The predicted octanol–water partition coefficient (Wildman–Crippen LogP) is 4.63. The Kier molecular flexibility index (Phi) is 4.34. The van der Waals surface area contributed by atoms with Gasteiger partial charge in [0.1, 0.15) is 16.4 Å². The van der Waals surface area contributed by atoms with Gasteiger partial charge in [0.15, 0.2) is 5.60 Å². The van der Waals surface area contributed by atoms with Gasteiger partial charge in [-0.3, -0.25) is 0 Å². The second-order valence-electron chi connectivity index (χ2n) is 6.05. The molecule has 0 aliphatic carbocycles. The molecule has 0 aromatic heterocycles. The molecule has 0 unspecified atom stereocenters. The van der Waals surface area contributed by atoms with Gasteiger partial charge in [0.2, 0.25) is 0 Å². The number of hydrogen-bond donors (Lipinski definition) is 2. The third-order valence-corrected chi connectivity index (χ3v) is 8.13. The molecule has 5 nitrogen and oxygen atoms in total. The van der Waals surface area contributed by atoms with E-state index in [0.717, 1.165) is 0 Å². The number of hydrogen-bond acceptors (Lipinski definition) is 5. The van der Waals surface area contributed by atoms with Crippen LogP contribution in [0.15, 0.2) is 74.5 Å². The third-order valence-electron chi connectivity index (χ3n) is 4.46. The molecule has 0 fully saturated rings. The molecule has 1 heterocycles. The number of phenols is 2. The van der Waals surface area contributed by atoms with Crippen molar-refractivity contribution in [1.29, 1.82) is 0 Å². The Balaban J connectivity index is 2.12. The highest BCUT2D eigenvalue weighted by Gasteiger charge is 2.52. The van der Waals surface area contributed by atoms with Crippen molar-refractivity contribution in [3.63, 3.8) is 0 Å². The second-order valence-corrected chi connectivity index (χ2v) is 9.18. The summed E-state index contributed by atoms with van der Waals surface area (Å²) in [5, 5.41) is 19.3. The van der Waals surface area contributed by atoms with Crippen molar-refractivity contribution in [3.05, 3.63) is 86.3 Å². The lowest BCUT2D eigenvalue weighted by Crippen LogP contribution is -2.29. The molecule has 0 saturated carbocycles. The van der Waals surface area contributed by atoms with Gasteiger partial charge in [-0.1, -0.05) is 30.3 Å². The normalized spacial score (nSPS) is 16.8. The molecule has 138 valence electrons. The maximum atomic E-state index is 13.0. The minimum atomic E-state index is -4.08. The minimum absolute atomic E-state index is 0.0398. The van der Waals surface area contributed by atoms with Gasteiger partial charge >= 0.3 is 0 Å². The summed E-state index contributed by atoms with van der Waals surface area (Å²) in [6.07, 6.45) is 0. The Hall–Kier alpha value is -1.87. The molecule has 0 amide bonds. The smallest absolute Gasteiger partial charge is 0.300 e. The van der Waals surface area contributed by atoms with Gasteiger partial charge in [-0.05, 0) is 73.3 Å². The average Bonchev–Trinajstić information content (AvgIpc) is 2.88. The summed E-state index contributed by atoms with van der Waals surface area (Å²) >= 11 is 6.68. The van der Waals surface area contributed by atoms with Crippen LogP contribution in [0.25, 0.3) is 0 Å². The monoisotopic (exact) mass is 510 g/mol. The summed E-state index contributed by atoms with van der Waals surface area (Å²) in [7, 11) is -4.08. The van der Waals surface area contributed by atoms with Gasteiger partial charge in [-0.25, -0.2) is 4.18 Å². The van der Waals surface area contributed by atoms with E-state index in [2.05, 4.69) is 31.9 Å². The third kappa shape index (κ3) is 2.79. The van der Waals surface area contributed by atoms with Crippen LogP contribution in [0.4, 0.5) is 0 Å². The van der Waals surface area contributed by atoms with Gasteiger partial charge in [0.25, 0.3) is 10.1 Å². The molecular formula is C19H12Br2O5S. The van der Waals surface area contributed by atoms with E-state index < -0.39 is 15.7 Å².